The van der Waals surface area contributed by atoms with Gasteiger partial charge in [-0.1, -0.05) is 27.2 Å². The van der Waals surface area contributed by atoms with Crippen molar-refractivity contribution >= 4 is 0 Å². The van der Waals surface area contributed by atoms with Gasteiger partial charge in [0.05, 0.1) is 6.61 Å². The van der Waals surface area contributed by atoms with E-state index >= 15 is 0 Å². The molecular weight excluding hydrogens is 248 g/mol. The first kappa shape index (κ1) is 17.9. The van der Waals surface area contributed by atoms with Crippen molar-refractivity contribution in [1.29, 1.82) is 0 Å². The molecule has 0 bridgehead atoms. The van der Waals surface area contributed by atoms with E-state index in [2.05, 4.69) is 37.9 Å². The van der Waals surface area contributed by atoms with Crippen LogP contribution in [0.25, 0.3) is 0 Å². The molecule has 0 aromatic rings. The fraction of sp³-hybridized carbons (Fsp3) is 1.00. The first-order valence-electron chi connectivity index (χ1n) is 8.61. The standard InChI is InChI=1S/C17H36N2O/c1-5-17(6-2)11-13-19(14-17)12-9-8-10-16(4,15-20)18-7-3/h18,20H,5-15H2,1-4H3. The molecule has 1 atom stereocenters. The number of hydrogen-bond acceptors (Lipinski definition) is 3. The second-order valence-corrected chi connectivity index (χ2v) is 6.94. The number of rotatable bonds is 10. The number of hydrogen-bond donors (Lipinski definition) is 2. The quantitative estimate of drug-likeness (QED) is 0.605. The molecule has 0 saturated carbocycles. The zero-order valence-electron chi connectivity index (χ0n) is 14.2. The predicted molar refractivity (Wildman–Crippen MR) is 87.1 cm³/mol. The van der Waals surface area contributed by atoms with Crippen LogP contribution in [0, 0.1) is 5.41 Å². The Balaban J connectivity index is 2.22. The number of nitrogens with one attached hydrogen (secondary N) is 1. The van der Waals surface area contributed by atoms with Gasteiger partial charge in [-0.15, -0.1) is 0 Å². The van der Waals surface area contributed by atoms with E-state index in [0.29, 0.717) is 5.41 Å². The molecule has 0 aliphatic carbocycles. The number of unbranched alkanes of at least 4 members (excludes halogenated alkanes) is 1. The van der Waals surface area contributed by atoms with E-state index in [0.717, 1.165) is 13.0 Å². The molecule has 1 fully saturated rings. The molecule has 1 aliphatic heterocycles. The van der Waals surface area contributed by atoms with Gasteiger partial charge in [-0.3, -0.25) is 0 Å². The number of nitrogens with zero attached hydrogens (tertiary/aromatic N) is 1. The summed E-state index contributed by atoms with van der Waals surface area (Å²) in [5.74, 6) is 0. The highest BCUT2D eigenvalue weighted by Gasteiger charge is 2.34. The van der Waals surface area contributed by atoms with Crippen molar-refractivity contribution in [3.8, 4) is 0 Å². The maximum absolute atomic E-state index is 9.49. The van der Waals surface area contributed by atoms with E-state index in [1.54, 1.807) is 0 Å². The van der Waals surface area contributed by atoms with E-state index in [9.17, 15) is 5.11 Å². The van der Waals surface area contributed by atoms with Gasteiger partial charge in [-0.25, -0.2) is 0 Å². The van der Waals surface area contributed by atoms with E-state index in [1.165, 1.54) is 51.7 Å². The number of aliphatic hydroxyl groups excluding tert-OH is 1. The summed E-state index contributed by atoms with van der Waals surface area (Å²) in [6, 6.07) is 0. The third-order valence-electron chi connectivity index (χ3n) is 5.42. The minimum atomic E-state index is -0.0869. The Hall–Kier alpha value is -0.120. The molecule has 1 heterocycles. The molecule has 20 heavy (non-hydrogen) atoms. The summed E-state index contributed by atoms with van der Waals surface area (Å²) in [6.07, 6.45) is 7.55. The van der Waals surface area contributed by atoms with Crippen molar-refractivity contribution in [3.63, 3.8) is 0 Å². The van der Waals surface area contributed by atoms with Gasteiger partial charge in [0.25, 0.3) is 0 Å². The molecule has 0 aromatic heterocycles. The average Bonchev–Trinajstić information content (AvgIpc) is 2.88. The first-order chi connectivity index (χ1) is 9.53. The fourth-order valence-corrected chi connectivity index (χ4v) is 3.55. The molecule has 1 aliphatic rings. The Labute approximate surface area is 126 Å². The van der Waals surface area contributed by atoms with Crippen molar-refractivity contribution < 1.29 is 5.11 Å². The number of likely N-dealkylation sites (tertiary alicyclic amines) is 1. The molecule has 1 rings (SSSR count). The summed E-state index contributed by atoms with van der Waals surface area (Å²) in [5, 5.41) is 12.9. The van der Waals surface area contributed by atoms with Gasteiger partial charge in [-0.2, -0.15) is 0 Å². The Kier molecular flexibility index (Phi) is 7.49. The maximum atomic E-state index is 9.49. The topological polar surface area (TPSA) is 35.5 Å². The van der Waals surface area contributed by atoms with Gasteiger partial charge in [0.2, 0.25) is 0 Å². The van der Waals surface area contributed by atoms with E-state index < -0.39 is 0 Å². The summed E-state index contributed by atoms with van der Waals surface area (Å²) in [5.41, 5.74) is 0.514. The molecule has 120 valence electrons. The molecule has 0 aromatic carbocycles. The second kappa shape index (κ2) is 8.35. The number of likely N-dealkylation sites (N-methyl/N-ethyl adjacent to an activating group) is 1. The Bertz CT molecular complexity index is 266. The van der Waals surface area contributed by atoms with E-state index in [4.69, 9.17) is 0 Å². The highest BCUT2D eigenvalue weighted by Crippen LogP contribution is 2.36. The van der Waals surface area contributed by atoms with Crippen LogP contribution in [0.15, 0.2) is 0 Å². The lowest BCUT2D eigenvalue weighted by atomic mass is 9.82. The molecule has 2 N–H and O–H groups in total. The van der Waals surface area contributed by atoms with Crippen molar-refractivity contribution in [2.45, 2.75) is 71.8 Å². The molecular formula is C17H36N2O. The zero-order chi connectivity index (χ0) is 15.1. The largest absolute Gasteiger partial charge is 0.394 e. The van der Waals surface area contributed by atoms with Crippen LogP contribution in [0.5, 0.6) is 0 Å². The van der Waals surface area contributed by atoms with Crippen molar-refractivity contribution in [3.05, 3.63) is 0 Å². The van der Waals surface area contributed by atoms with Crippen molar-refractivity contribution in [1.82, 2.24) is 10.2 Å². The minimum absolute atomic E-state index is 0.0869. The van der Waals surface area contributed by atoms with Gasteiger partial charge in [0.1, 0.15) is 0 Å². The molecule has 0 amide bonds. The molecule has 0 spiro atoms. The third-order valence-corrected chi connectivity index (χ3v) is 5.42. The van der Waals surface area contributed by atoms with Crippen LogP contribution in [-0.2, 0) is 0 Å². The van der Waals surface area contributed by atoms with Gasteiger partial charge < -0.3 is 15.3 Å². The van der Waals surface area contributed by atoms with Crippen LogP contribution in [0.1, 0.15) is 66.2 Å². The summed E-state index contributed by atoms with van der Waals surface area (Å²) in [6.45, 7) is 13.9. The molecule has 1 unspecified atom stereocenters. The normalized spacial score (nSPS) is 22.1. The first-order valence-corrected chi connectivity index (χ1v) is 8.61. The fourth-order valence-electron chi connectivity index (χ4n) is 3.55. The van der Waals surface area contributed by atoms with Crippen LogP contribution in [0.2, 0.25) is 0 Å². The Morgan fingerprint density at radius 1 is 1.20 bits per heavy atom. The van der Waals surface area contributed by atoms with Crippen molar-refractivity contribution in [2.75, 3.05) is 32.8 Å². The monoisotopic (exact) mass is 284 g/mol. The summed E-state index contributed by atoms with van der Waals surface area (Å²) in [4.78, 5) is 2.65. The maximum Gasteiger partial charge on any atom is 0.0610 e. The van der Waals surface area contributed by atoms with Crippen LogP contribution in [0.4, 0.5) is 0 Å². The van der Waals surface area contributed by atoms with E-state index in [1.807, 2.05) is 0 Å². The van der Waals surface area contributed by atoms with Gasteiger partial charge in [0.15, 0.2) is 0 Å². The van der Waals surface area contributed by atoms with E-state index in [-0.39, 0.29) is 12.1 Å². The van der Waals surface area contributed by atoms with Crippen LogP contribution in [-0.4, -0.2) is 48.3 Å². The van der Waals surface area contributed by atoms with Crippen LogP contribution < -0.4 is 5.32 Å². The smallest absolute Gasteiger partial charge is 0.0610 e. The Morgan fingerprint density at radius 2 is 1.90 bits per heavy atom. The molecule has 3 heteroatoms. The number of aliphatic hydroxyl groups is 1. The molecule has 1 saturated heterocycles. The summed E-state index contributed by atoms with van der Waals surface area (Å²) in [7, 11) is 0. The summed E-state index contributed by atoms with van der Waals surface area (Å²) >= 11 is 0. The van der Waals surface area contributed by atoms with Crippen LogP contribution in [0.3, 0.4) is 0 Å². The lowest BCUT2D eigenvalue weighted by Gasteiger charge is -2.29. The lowest BCUT2D eigenvalue weighted by Crippen LogP contribution is -2.45. The van der Waals surface area contributed by atoms with Crippen molar-refractivity contribution in [2.24, 2.45) is 5.41 Å². The second-order valence-electron chi connectivity index (χ2n) is 6.94. The predicted octanol–water partition coefficient (Wildman–Crippen LogP) is 3.03. The van der Waals surface area contributed by atoms with Gasteiger partial charge in [-0.05, 0) is 64.1 Å². The molecule has 3 nitrogen and oxygen atoms in total. The highest BCUT2D eigenvalue weighted by molar-refractivity contribution is 4.88. The Morgan fingerprint density at radius 3 is 2.40 bits per heavy atom. The zero-order valence-corrected chi connectivity index (χ0v) is 14.2. The average molecular weight is 284 g/mol. The van der Waals surface area contributed by atoms with Gasteiger partial charge in [0, 0.05) is 12.1 Å². The molecule has 0 radical (unpaired) electrons. The third kappa shape index (κ3) is 5.01. The van der Waals surface area contributed by atoms with Gasteiger partial charge >= 0.3 is 0 Å². The van der Waals surface area contributed by atoms with Crippen LogP contribution >= 0.6 is 0 Å². The summed E-state index contributed by atoms with van der Waals surface area (Å²) < 4.78 is 0. The highest BCUT2D eigenvalue weighted by atomic mass is 16.3. The SMILES string of the molecule is CCNC(C)(CO)CCCCN1CCC(CC)(CC)C1. The minimum Gasteiger partial charge on any atom is -0.394 e. The lowest BCUT2D eigenvalue weighted by molar-refractivity contribution is 0.162.